The van der Waals surface area contributed by atoms with Crippen LogP contribution in [0.25, 0.3) is 0 Å². The third-order valence-corrected chi connectivity index (χ3v) is 6.55. The molecule has 0 unspecified atom stereocenters. The maximum Gasteiger partial charge on any atom is 0.255 e. The molecule has 0 saturated carbocycles. The van der Waals surface area contributed by atoms with Crippen LogP contribution < -0.4 is 10.5 Å². The van der Waals surface area contributed by atoms with Crippen LogP contribution in [0.1, 0.15) is 64.5 Å². The van der Waals surface area contributed by atoms with E-state index in [-0.39, 0.29) is 17.9 Å². The van der Waals surface area contributed by atoms with Crippen molar-refractivity contribution < 1.29 is 14.3 Å². The van der Waals surface area contributed by atoms with E-state index in [4.69, 9.17) is 10.5 Å². The molecule has 6 nitrogen and oxygen atoms in total. The summed E-state index contributed by atoms with van der Waals surface area (Å²) in [5, 5.41) is 0. The van der Waals surface area contributed by atoms with Crippen molar-refractivity contribution in [3.05, 3.63) is 29.3 Å². The van der Waals surface area contributed by atoms with Gasteiger partial charge in [0.1, 0.15) is 5.75 Å². The zero-order valence-electron chi connectivity index (χ0n) is 18.9. The third-order valence-electron chi connectivity index (χ3n) is 6.55. The monoisotopic (exact) mass is 415 g/mol. The van der Waals surface area contributed by atoms with E-state index in [1.54, 1.807) is 6.92 Å². The van der Waals surface area contributed by atoms with Crippen LogP contribution in [-0.4, -0.2) is 53.9 Å². The predicted molar refractivity (Wildman–Crippen MR) is 118 cm³/mol. The van der Waals surface area contributed by atoms with E-state index in [1.165, 1.54) is 24.8 Å². The Morgan fingerprint density at radius 2 is 1.93 bits per heavy atom. The molecule has 2 fully saturated rings. The van der Waals surface area contributed by atoms with Crippen molar-refractivity contribution in [3.63, 3.8) is 0 Å². The van der Waals surface area contributed by atoms with Crippen molar-refractivity contribution >= 4 is 11.8 Å². The fourth-order valence-corrected chi connectivity index (χ4v) is 4.81. The number of nitrogens with two attached hydrogens (primary N) is 1. The minimum atomic E-state index is -0.464. The minimum absolute atomic E-state index is 0.00339. The van der Waals surface area contributed by atoms with Gasteiger partial charge in [0.15, 0.2) is 6.61 Å². The fraction of sp³-hybridized carbons (Fsp3) is 0.667. The Labute approximate surface area is 180 Å². The Morgan fingerprint density at radius 1 is 1.17 bits per heavy atom. The first-order valence-corrected chi connectivity index (χ1v) is 11.2. The molecule has 30 heavy (non-hydrogen) atoms. The molecular formula is C24H37N3O3. The summed E-state index contributed by atoms with van der Waals surface area (Å²) < 4.78 is 5.84. The number of fused-ring (bicyclic) bond motifs is 1. The van der Waals surface area contributed by atoms with Crippen molar-refractivity contribution in [2.75, 3.05) is 26.2 Å². The lowest BCUT2D eigenvalue weighted by Crippen LogP contribution is -2.51. The molecule has 3 rings (SSSR count). The van der Waals surface area contributed by atoms with Crippen LogP contribution in [0, 0.1) is 5.92 Å². The van der Waals surface area contributed by atoms with E-state index in [1.807, 2.05) is 4.90 Å². The Hall–Kier alpha value is -2.08. The van der Waals surface area contributed by atoms with Gasteiger partial charge in [0.25, 0.3) is 5.91 Å². The average molecular weight is 416 g/mol. The highest BCUT2D eigenvalue weighted by molar-refractivity contribution is 5.75. The van der Waals surface area contributed by atoms with Crippen molar-refractivity contribution in [3.8, 4) is 5.75 Å². The highest BCUT2D eigenvalue weighted by Gasteiger charge is 2.35. The Bertz CT molecular complexity index is 771. The van der Waals surface area contributed by atoms with E-state index >= 15 is 0 Å². The van der Waals surface area contributed by atoms with Crippen molar-refractivity contribution in [2.45, 2.75) is 71.4 Å². The smallest absolute Gasteiger partial charge is 0.255 e. The number of carbonyl (C=O) groups excluding carboxylic acids is 2. The molecular weight excluding hydrogens is 378 g/mol. The molecule has 2 amide bonds. The molecule has 6 heteroatoms. The molecule has 0 spiro atoms. The first-order valence-electron chi connectivity index (χ1n) is 11.2. The number of hydrogen-bond donors (Lipinski definition) is 1. The lowest BCUT2D eigenvalue weighted by Gasteiger charge is -2.42. The topological polar surface area (TPSA) is 75.9 Å². The molecule has 0 aliphatic carbocycles. The normalized spacial score (nSPS) is 22.9. The minimum Gasteiger partial charge on any atom is -0.483 e. The fourth-order valence-electron chi connectivity index (χ4n) is 4.81. The van der Waals surface area contributed by atoms with Crippen LogP contribution in [0.3, 0.4) is 0 Å². The quantitative estimate of drug-likeness (QED) is 0.802. The molecule has 166 valence electrons. The number of benzene rings is 1. The van der Waals surface area contributed by atoms with E-state index in [0.717, 1.165) is 43.9 Å². The first kappa shape index (κ1) is 22.6. The molecule has 0 aromatic heterocycles. The van der Waals surface area contributed by atoms with Gasteiger partial charge in [-0.3, -0.25) is 14.5 Å². The average Bonchev–Trinajstić information content (AvgIpc) is 2.88. The molecule has 2 aliphatic heterocycles. The number of carbonyl (C=O) groups is 2. The molecule has 0 radical (unpaired) electrons. The molecule has 1 aromatic rings. The molecule has 2 N–H and O–H groups in total. The second-order valence-corrected chi connectivity index (χ2v) is 9.87. The summed E-state index contributed by atoms with van der Waals surface area (Å²) in [5.74, 6) is 0.995. The van der Waals surface area contributed by atoms with Crippen molar-refractivity contribution in [2.24, 2.45) is 11.7 Å². The van der Waals surface area contributed by atoms with Gasteiger partial charge < -0.3 is 15.4 Å². The number of rotatable bonds is 5. The van der Waals surface area contributed by atoms with Gasteiger partial charge in [0, 0.05) is 38.2 Å². The summed E-state index contributed by atoms with van der Waals surface area (Å²) in [4.78, 5) is 27.8. The summed E-state index contributed by atoms with van der Waals surface area (Å²) in [6, 6.07) is 6.85. The zero-order valence-corrected chi connectivity index (χ0v) is 18.9. The largest absolute Gasteiger partial charge is 0.483 e. The van der Waals surface area contributed by atoms with Crippen LogP contribution in [0.15, 0.2) is 18.2 Å². The maximum absolute atomic E-state index is 11.9. The maximum atomic E-state index is 11.9. The summed E-state index contributed by atoms with van der Waals surface area (Å²) in [5.41, 5.74) is 7.61. The molecule has 1 aromatic carbocycles. The summed E-state index contributed by atoms with van der Waals surface area (Å²) in [7, 11) is 0. The number of likely N-dealkylation sites (tertiary alicyclic amines) is 2. The van der Waals surface area contributed by atoms with Gasteiger partial charge in [-0.15, -0.1) is 0 Å². The molecule has 0 bridgehead atoms. The first-order chi connectivity index (χ1) is 14.1. The van der Waals surface area contributed by atoms with E-state index in [2.05, 4.69) is 43.9 Å². The van der Waals surface area contributed by atoms with Gasteiger partial charge >= 0.3 is 0 Å². The van der Waals surface area contributed by atoms with E-state index < -0.39 is 5.91 Å². The van der Waals surface area contributed by atoms with Gasteiger partial charge in [0.2, 0.25) is 5.91 Å². The number of ether oxygens (including phenoxy) is 1. The number of amides is 2. The number of primary amides is 1. The summed E-state index contributed by atoms with van der Waals surface area (Å²) in [6.07, 6.45) is 4.57. The lowest BCUT2D eigenvalue weighted by atomic mass is 9.86. The van der Waals surface area contributed by atoms with Crippen molar-refractivity contribution in [1.29, 1.82) is 0 Å². The van der Waals surface area contributed by atoms with E-state index in [9.17, 15) is 9.59 Å². The van der Waals surface area contributed by atoms with Crippen molar-refractivity contribution in [1.82, 2.24) is 9.80 Å². The van der Waals surface area contributed by atoms with Gasteiger partial charge in [-0.05, 0) is 48.8 Å². The summed E-state index contributed by atoms with van der Waals surface area (Å²) >= 11 is 0. The Balaban J connectivity index is 1.82. The lowest BCUT2D eigenvalue weighted by molar-refractivity contribution is -0.131. The van der Waals surface area contributed by atoms with Crippen LogP contribution in [-0.2, 0) is 21.5 Å². The SMILES string of the molecule is CC(=O)N1CC[C@@H]2[C@H](CCCCN2Cc2ccc(C(C)(C)C)cc2OCC(N)=O)C1. The Kier molecular flexibility index (Phi) is 7.06. The summed E-state index contributed by atoms with van der Waals surface area (Å²) in [6.45, 7) is 11.6. The second-order valence-electron chi connectivity index (χ2n) is 9.87. The van der Waals surface area contributed by atoms with Crippen LogP contribution in [0.5, 0.6) is 5.75 Å². The number of hydrogen-bond acceptors (Lipinski definition) is 4. The van der Waals surface area contributed by atoms with Gasteiger partial charge in [-0.1, -0.05) is 39.3 Å². The van der Waals surface area contributed by atoms with Gasteiger partial charge in [0.05, 0.1) is 0 Å². The molecule has 2 saturated heterocycles. The molecule has 2 atom stereocenters. The second kappa shape index (κ2) is 9.38. The highest BCUT2D eigenvalue weighted by atomic mass is 16.5. The number of nitrogens with zero attached hydrogens (tertiary/aromatic N) is 2. The van der Waals surface area contributed by atoms with Crippen LogP contribution in [0.4, 0.5) is 0 Å². The van der Waals surface area contributed by atoms with Crippen LogP contribution >= 0.6 is 0 Å². The third kappa shape index (κ3) is 5.54. The molecule has 2 aliphatic rings. The van der Waals surface area contributed by atoms with E-state index in [0.29, 0.717) is 12.0 Å². The Morgan fingerprint density at radius 3 is 2.60 bits per heavy atom. The molecule has 2 heterocycles. The standard InChI is InChI=1S/C24H37N3O3/c1-17(28)26-12-10-21-18(14-26)7-5-6-11-27(21)15-19-8-9-20(24(2,3)4)13-22(19)30-16-23(25)29/h8-9,13,18,21H,5-7,10-12,14-16H2,1-4H3,(H2,25,29)/t18-,21-/m1/s1. The van der Waals surface area contributed by atoms with Gasteiger partial charge in [-0.2, -0.15) is 0 Å². The van der Waals surface area contributed by atoms with Crippen LogP contribution in [0.2, 0.25) is 0 Å². The zero-order chi connectivity index (χ0) is 21.9. The highest BCUT2D eigenvalue weighted by Crippen LogP contribution is 2.34. The predicted octanol–water partition coefficient (Wildman–Crippen LogP) is 3.07. The van der Waals surface area contributed by atoms with Gasteiger partial charge in [-0.25, -0.2) is 0 Å². The number of piperidine rings is 1.